The Hall–Kier alpha value is -2.81. The van der Waals surface area contributed by atoms with E-state index < -0.39 is 0 Å². The number of ketones is 1. The molecular weight excluding hydrogens is 408 g/mol. The summed E-state index contributed by atoms with van der Waals surface area (Å²) >= 11 is 6.70. The Labute approximate surface area is 187 Å². The number of benzene rings is 2. The van der Waals surface area contributed by atoms with Crippen LogP contribution in [0.3, 0.4) is 0 Å². The third-order valence-electron chi connectivity index (χ3n) is 6.26. The number of anilines is 1. The molecule has 3 N–H and O–H groups in total. The van der Waals surface area contributed by atoms with E-state index in [1.165, 1.54) is 0 Å². The monoisotopic (exact) mass is 434 g/mol. The molecular formula is C25H27ClN4O. The molecule has 0 unspecified atom stereocenters. The van der Waals surface area contributed by atoms with Gasteiger partial charge in [0, 0.05) is 41.3 Å². The number of halogens is 1. The highest BCUT2D eigenvalue weighted by atomic mass is 35.5. The molecule has 0 saturated carbocycles. The minimum Gasteiger partial charge on any atom is -0.370 e. The summed E-state index contributed by atoms with van der Waals surface area (Å²) in [7, 11) is 0. The lowest BCUT2D eigenvalue weighted by atomic mass is 9.93. The summed E-state index contributed by atoms with van der Waals surface area (Å²) in [5.41, 5.74) is 11.6. The fourth-order valence-corrected chi connectivity index (χ4v) is 4.76. The zero-order valence-corrected chi connectivity index (χ0v) is 18.7. The first kappa shape index (κ1) is 21.4. The zero-order chi connectivity index (χ0) is 22.1. The van der Waals surface area contributed by atoms with Gasteiger partial charge in [0.05, 0.1) is 27.9 Å². The zero-order valence-electron chi connectivity index (χ0n) is 18.0. The fraction of sp³-hybridized carbons (Fsp3) is 0.360. The van der Waals surface area contributed by atoms with Crippen LogP contribution in [0.4, 0.5) is 5.69 Å². The Morgan fingerprint density at radius 2 is 1.97 bits per heavy atom. The van der Waals surface area contributed by atoms with Crippen LogP contribution >= 0.6 is 11.6 Å². The van der Waals surface area contributed by atoms with Gasteiger partial charge in [0.15, 0.2) is 5.78 Å². The number of nitrogens with two attached hydrogens (primary N) is 1. The van der Waals surface area contributed by atoms with Crippen molar-refractivity contribution in [2.24, 2.45) is 5.73 Å². The molecule has 1 aromatic heterocycles. The van der Waals surface area contributed by atoms with Crippen LogP contribution < -0.4 is 10.6 Å². The van der Waals surface area contributed by atoms with Gasteiger partial charge in [-0.15, -0.1) is 0 Å². The molecule has 31 heavy (non-hydrogen) atoms. The molecule has 0 atom stereocenters. The Balaban J connectivity index is 1.78. The molecule has 160 valence electrons. The Morgan fingerprint density at radius 1 is 1.23 bits per heavy atom. The number of fused-ring (bicyclic) bond motifs is 1. The van der Waals surface area contributed by atoms with E-state index in [4.69, 9.17) is 17.3 Å². The van der Waals surface area contributed by atoms with Crippen LogP contribution in [0.5, 0.6) is 0 Å². The van der Waals surface area contributed by atoms with Gasteiger partial charge >= 0.3 is 0 Å². The normalized spacial score (nSPS) is 14.7. The number of carbonyl (C=O) groups is 1. The highest BCUT2D eigenvalue weighted by molar-refractivity contribution is 6.34. The third-order valence-corrected chi connectivity index (χ3v) is 6.57. The molecule has 3 aromatic rings. The van der Waals surface area contributed by atoms with Crippen molar-refractivity contribution >= 4 is 34.0 Å². The summed E-state index contributed by atoms with van der Waals surface area (Å²) in [6, 6.07) is 11.7. The van der Waals surface area contributed by atoms with Crippen molar-refractivity contribution in [2.75, 3.05) is 18.0 Å². The van der Waals surface area contributed by atoms with Gasteiger partial charge in [0.1, 0.15) is 0 Å². The van der Waals surface area contributed by atoms with Gasteiger partial charge in [-0.2, -0.15) is 5.26 Å². The van der Waals surface area contributed by atoms with E-state index in [-0.39, 0.29) is 11.8 Å². The predicted molar refractivity (Wildman–Crippen MR) is 126 cm³/mol. The number of piperidine rings is 1. The molecule has 2 aromatic carbocycles. The molecule has 6 heteroatoms. The second kappa shape index (κ2) is 8.74. The summed E-state index contributed by atoms with van der Waals surface area (Å²) in [6.45, 7) is 5.83. The average Bonchev–Trinajstić information content (AvgIpc) is 3.16. The first-order chi connectivity index (χ1) is 15.0. The smallest absolute Gasteiger partial charge is 0.195 e. The Morgan fingerprint density at radius 3 is 2.61 bits per heavy atom. The Kier molecular flexibility index (Phi) is 6.04. The lowest BCUT2D eigenvalue weighted by Gasteiger charge is -2.33. The molecule has 5 nitrogen and oxygen atoms in total. The minimum absolute atomic E-state index is 0.0289. The molecule has 0 aliphatic carbocycles. The number of nitriles is 1. The van der Waals surface area contributed by atoms with Gasteiger partial charge in [0.2, 0.25) is 0 Å². The number of aromatic amines is 1. The highest BCUT2D eigenvalue weighted by Gasteiger charge is 2.24. The summed E-state index contributed by atoms with van der Waals surface area (Å²) in [4.78, 5) is 19.3. The molecule has 4 rings (SSSR count). The predicted octanol–water partition coefficient (Wildman–Crippen LogP) is 4.98. The van der Waals surface area contributed by atoms with Gasteiger partial charge in [-0.25, -0.2) is 0 Å². The number of H-pyrrole nitrogens is 1. The number of carbonyl (C=O) groups excluding carboxylic acids is 1. The summed E-state index contributed by atoms with van der Waals surface area (Å²) < 4.78 is 0. The third kappa shape index (κ3) is 3.94. The van der Waals surface area contributed by atoms with E-state index in [1.807, 2.05) is 19.1 Å². The highest BCUT2D eigenvalue weighted by Crippen LogP contribution is 2.34. The van der Waals surface area contributed by atoms with Crippen molar-refractivity contribution in [1.82, 2.24) is 4.98 Å². The van der Waals surface area contributed by atoms with Gasteiger partial charge in [-0.05, 0) is 55.5 Å². The number of rotatable bonds is 5. The molecule has 2 heterocycles. The Bertz CT molecular complexity index is 1180. The standard InChI is InChI=1S/C25H27ClN4O/c1-3-16-12-23(30-9-7-17(28)8-10-30)20(26)13-19(16)25(31)24-18-6-5-15(14-27)11-22(18)29-21(24)4-2/h5-6,11-13,17,29H,3-4,7-10,28H2,1-2H3. The molecule has 0 amide bonds. The van der Waals surface area contributed by atoms with Crippen molar-refractivity contribution in [3.05, 3.63) is 63.3 Å². The minimum atomic E-state index is -0.0289. The second-order valence-corrected chi connectivity index (χ2v) is 8.58. The van der Waals surface area contributed by atoms with E-state index in [0.29, 0.717) is 28.1 Å². The fourth-order valence-electron chi connectivity index (χ4n) is 4.47. The molecule has 1 aliphatic rings. The summed E-state index contributed by atoms with van der Waals surface area (Å²) in [5.74, 6) is -0.0289. The largest absolute Gasteiger partial charge is 0.370 e. The lowest BCUT2D eigenvalue weighted by Crippen LogP contribution is -2.39. The van der Waals surface area contributed by atoms with Gasteiger partial charge in [0.25, 0.3) is 0 Å². The topological polar surface area (TPSA) is 85.9 Å². The van der Waals surface area contributed by atoms with Crippen LogP contribution in [-0.4, -0.2) is 29.9 Å². The molecule has 0 spiro atoms. The van der Waals surface area contributed by atoms with Crippen LogP contribution in [0.25, 0.3) is 10.9 Å². The van der Waals surface area contributed by atoms with E-state index >= 15 is 0 Å². The average molecular weight is 435 g/mol. The van der Waals surface area contributed by atoms with Crippen LogP contribution in [0, 0.1) is 11.3 Å². The van der Waals surface area contributed by atoms with Crippen molar-refractivity contribution in [3.63, 3.8) is 0 Å². The number of hydrogen-bond donors (Lipinski definition) is 2. The maximum absolute atomic E-state index is 13.7. The van der Waals surface area contributed by atoms with Crippen LogP contribution in [0.2, 0.25) is 5.02 Å². The van der Waals surface area contributed by atoms with E-state index in [9.17, 15) is 10.1 Å². The van der Waals surface area contributed by atoms with E-state index in [2.05, 4.69) is 28.9 Å². The van der Waals surface area contributed by atoms with Crippen molar-refractivity contribution in [2.45, 2.75) is 45.6 Å². The number of aryl methyl sites for hydroxylation is 2. The maximum atomic E-state index is 13.7. The van der Waals surface area contributed by atoms with Crippen molar-refractivity contribution in [3.8, 4) is 6.07 Å². The second-order valence-electron chi connectivity index (χ2n) is 8.17. The molecule has 0 bridgehead atoms. The molecule has 0 radical (unpaired) electrons. The molecule has 1 saturated heterocycles. The molecule has 1 fully saturated rings. The number of hydrogen-bond acceptors (Lipinski definition) is 4. The maximum Gasteiger partial charge on any atom is 0.195 e. The summed E-state index contributed by atoms with van der Waals surface area (Å²) in [5, 5.41) is 10.6. The van der Waals surface area contributed by atoms with Crippen molar-refractivity contribution in [1.29, 1.82) is 5.26 Å². The van der Waals surface area contributed by atoms with Crippen LogP contribution in [0.1, 0.15) is 59.4 Å². The molecule has 1 aliphatic heterocycles. The van der Waals surface area contributed by atoms with Gasteiger partial charge < -0.3 is 15.6 Å². The van der Waals surface area contributed by atoms with Crippen LogP contribution in [0.15, 0.2) is 30.3 Å². The first-order valence-corrected chi connectivity index (χ1v) is 11.3. The van der Waals surface area contributed by atoms with Gasteiger partial charge in [-0.1, -0.05) is 31.5 Å². The first-order valence-electron chi connectivity index (χ1n) is 10.9. The van der Waals surface area contributed by atoms with Crippen molar-refractivity contribution < 1.29 is 4.79 Å². The lowest BCUT2D eigenvalue weighted by molar-refractivity contribution is 0.103. The quantitative estimate of drug-likeness (QED) is 0.554. The SMILES string of the molecule is CCc1cc(N2CCC(N)CC2)c(Cl)cc1C(=O)c1c(CC)[nH]c2cc(C#N)ccc12. The van der Waals surface area contributed by atoms with Crippen LogP contribution in [-0.2, 0) is 12.8 Å². The number of nitrogens with zero attached hydrogens (tertiary/aromatic N) is 2. The summed E-state index contributed by atoms with van der Waals surface area (Å²) in [6.07, 6.45) is 3.32. The number of nitrogens with one attached hydrogen (secondary N) is 1. The van der Waals surface area contributed by atoms with E-state index in [0.717, 1.165) is 60.2 Å². The van der Waals surface area contributed by atoms with Gasteiger partial charge in [-0.3, -0.25) is 4.79 Å². The number of aromatic nitrogens is 1. The van der Waals surface area contributed by atoms with E-state index in [1.54, 1.807) is 12.1 Å².